The molecule has 1 aliphatic rings. The number of hydrogen-bond acceptors (Lipinski definition) is 3. The van der Waals surface area contributed by atoms with E-state index in [4.69, 9.17) is 0 Å². The highest BCUT2D eigenvalue weighted by Gasteiger charge is 2.26. The Hall–Kier alpha value is -3.31. The van der Waals surface area contributed by atoms with E-state index in [0.29, 0.717) is 16.8 Å². The van der Waals surface area contributed by atoms with Gasteiger partial charge in [-0.2, -0.15) is 0 Å². The second-order valence-electron chi connectivity index (χ2n) is 7.91. The summed E-state index contributed by atoms with van der Waals surface area (Å²) in [6, 6.07) is 22.8. The number of benzene rings is 3. The number of rotatable bonds is 6. The zero-order valence-electron chi connectivity index (χ0n) is 17.3. The van der Waals surface area contributed by atoms with Gasteiger partial charge in [-0.1, -0.05) is 54.6 Å². The van der Waals surface area contributed by atoms with Crippen LogP contribution in [0.4, 0.5) is 10.1 Å². The van der Waals surface area contributed by atoms with Gasteiger partial charge < -0.3 is 5.32 Å². The van der Waals surface area contributed by atoms with Crippen LogP contribution in [0.2, 0.25) is 0 Å². The van der Waals surface area contributed by atoms with Gasteiger partial charge in [0.05, 0.1) is 5.69 Å². The molecule has 0 atom stereocenters. The zero-order chi connectivity index (χ0) is 21.6. The monoisotopic (exact) mass is 416 g/mol. The van der Waals surface area contributed by atoms with Crippen LogP contribution in [0.1, 0.15) is 34.3 Å². The number of amides is 1. The average molecular weight is 416 g/mol. The van der Waals surface area contributed by atoms with Crippen LogP contribution in [0.25, 0.3) is 0 Å². The topological polar surface area (TPSA) is 49.4 Å². The summed E-state index contributed by atoms with van der Waals surface area (Å²) in [5.74, 6) is -0.477. The second-order valence-corrected chi connectivity index (χ2v) is 7.91. The summed E-state index contributed by atoms with van der Waals surface area (Å²) < 4.78 is 13.1. The summed E-state index contributed by atoms with van der Waals surface area (Å²) in [6.45, 7) is 2.36. The van der Waals surface area contributed by atoms with Crippen molar-refractivity contribution in [2.75, 3.05) is 18.4 Å². The lowest BCUT2D eigenvalue weighted by atomic mass is 9.95. The number of likely N-dealkylation sites (tertiary alicyclic amines) is 1. The molecule has 1 N–H and O–H groups in total. The molecule has 1 aliphatic heterocycles. The van der Waals surface area contributed by atoms with Crippen LogP contribution in [0.15, 0.2) is 78.9 Å². The first-order valence-corrected chi connectivity index (χ1v) is 10.6. The highest BCUT2D eigenvalue weighted by atomic mass is 19.1. The SMILES string of the molecule is O=C(c1ccccc1)c1ccccc1NC(=O)C1CCN(Cc2ccc(F)cc2)CC1. The first-order chi connectivity index (χ1) is 15.1. The minimum Gasteiger partial charge on any atom is -0.325 e. The number of hydrogen-bond donors (Lipinski definition) is 1. The number of para-hydroxylation sites is 1. The van der Waals surface area contributed by atoms with E-state index in [0.717, 1.165) is 38.0 Å². The van der Waals surface area contributed by atoms with Crippen LogP contribution in [0, 0.1) is 11.7 Å². The van der Waals surface area contributed by atoms with Crippen molar-refractivity contribution in [2.45, 2.75) is 19.4 Å². The van der Waals surface area contributed by atoms with Crippen molar-refractivity contribution in [3.05, 3.63) is 101 Å². The number of nitrogens with one attached hydrogen (secondary N) is 1. The van der Waals surface area contributed by atoms with Crippen molar-refractivity contribution >= 4 is 17.4 Å². The quantitative estimate of drug-likeness (QED) is 0.581. The summed E-state index contributed by atoms with van der Waals surface area (Å²) in [6.07, 6.45) is 1.50. The lowest BCUT2D eigenvalue weighted by Gasteiger charge is -2.31. The number of halogens is 1. The van der Waals surface area contributed by atoms with Gasteiger partial charge in [0, 0.05) is 23.6 Å². The predicted molar refractivity (Wildman–Crippen MR) is 119 cm³/mol. The molecule has 0 aliphatic carbocycles. The Bertz CT molecular complexity index is 1040. The molecule has 0 saturated carbocycles. The fourth-order valence-electron chi connectivity index (χ4n) is 3.97. The van der Waals surface area contributed by atoms with E-state index in [1.54, 1.807) is 42.5 Å². The third-order valence-electron chi connectivity index (χ3n) is 5.74. The molecule has 0 unspecified atom stereocenters. The maximum Gasteiger partial charge on any atom is 0.227 e. The molecule has 0 bridgehead atoms. The first-order valence-electron chi connectivity index (χ1n) is 10.6. The van der Waals surface area contributed by atoms with Crippen LogP contribution in [0.3, 0.4) is 0 Å². The van der Waals surface area contributed by atoms with Crippen molar-refractivity contribution in [3.8, 4) is 0 Å². The van der Waals surface area contributed by atoms with Gasteiger partial charge in [0.15, 0.2) is 5.78 Å². The first kappa shape index (κ1) is 20.9. The van der Waals surface area contributed by atoms with E-state index in [2.05, 4.69) is 10.2 Å². The fourth-order valence-corrected chi connectivity index (χ4v) is 3.97. The lowest BCUT2D eigenvalue weighted by molar-refractivity contribution is -0.121. The number of carbonyl (C=O) groups is 2. The number of anilines is 1. The minimum atomic E-state index is -0.231. The number of ketones is 1. The molecule has 1 saturated heterocycles. The summed E-state index contributed by atoms with van der Waals surface area (Å²) >= 11 is 0. The van der Waals surface area contributed by atoms with Crippen LogP contribution in [-0.2, 0) is 11.3 Å². The third kappa shape index (κ3) is 5.25. The summed E-state index contributed by atoms with van der Waals surface area (Å²) in [4.78, 5) is 28.1. The van der Waals surface area contributed by atoms with E-state index >= 15 is 0 Å². The molecule has 1 amide bonds. The molecule has 4 nitrogen and oxygen atoms in total. The summed E-state index contributed by atoms with van der Waals surface area (Å²) in [5, 5.41) is 2.98. The summed E-state index contributed by atoms with van der Waals surface area (Å²) in [7, 11) is 0. The molecular formula is C26H25FN2O2. The van der Waals surface area contributed by atoms with Gasteiger partial charge in [-0.3, -0.25) is 14.5 Å². The van der Waals surface area contributed by atoms with Gasteiger partial charge in [-0.25, -0.2) is 4.39 Å². The average Bonchev–Trinajstić information content (AvgIpc) is 2.81. The molecule has 3 aromatic rings. The Kier molecular flexibility index (Phi) is 6.53. The van der Waals surface area contributed by atoms with Crippen LogP contribution in [-0.4, -0.2) is 29.7 Å². The molecule has 0 radical (unpaired) electrons. The number of nitrogens with zero attached hydrogens (tertiary/aromatic N) is 1. The van der Waals surface area contributed by atoms with E-state index in [-0.39, 0.29) is 23.4 Å². The molecule has 4 rings (SSSR count). The Morgan fingerprint density at radius 3 is 2.23 bits per heavy atom. The molecule has 0 aromatic heterocycles. The van der Waals surface area contributed by atoms with Gasteiger partial charge in [-0.05, 0) is 55.8 Å². The maximum absolute atomic E-state index is 13.1. The van der Waals surface area contributed by atoms with Crippen molar-refractivity contribution in [3.63, 3.8) is 0 Å². The molecule has 31 heavy (non-hydrogen) atoms. The standard InChI is InChI=1S/C26H25FN2O2/c27-22-12-10-19(11-13-22)18-29-16-14-21(15-17-29)26(31)28-24-9-5-4-8-23(24)25(30)20-6-2-1-3-7-20/h1-13,21H,14-18H2,(H,28,31). The Labute approximate surface area is 181 Å². The number of carbonyl (C=O) groups excluding carboxylic acids is 2. The molecular weight excluding hydrogens is 391 g/mol. The highest BCUT2D eigenvalue weighted by Crippen LogP contribution is 2.24. The van der Waals surface area contributed by atoms with Crippen molar-refractivity contribution in [1.29, 1.82) is 0 Å². The molecule has 158 valence electrons. The van der Waals surface area contributed by atoms with Crippen molar-refractivity contribution in [1.82, 2.24) is 4.90 Å². The molecule has 1 heterocycles. The highest BCUT2D eigenvalue weighted by molar-refractivity contribution is 6.13. The predicted octanol–water partition coefficient (Wildman–Crippen LogP) is 4.91. The van der Waals surface area contributed by atoms with Gasteiger partial charge >= 0.3 is 0 Å². The van der Waals surface area contributed by atoms with Gasteiger partial charge in [0.25, 0.3) is 0 Å². The Morgan fingerprint density at radius 1 is 0.871 bits per heavy atom. The molecule has 3 aromatic carbocycles. The minimum absolute atomic E-state index is 0.0465. The maximum atomic E-state index is 13.1. The van der Waals surface area contributed by atoms with Crippen molar-refractivity contribution in [2.24, 2.45) is 5.92 Å². The third-order valence-corrected chi connectivity index (χ3v) is 5.74. The Morgan fingerprint density at radius 2 is 1.52 bits per heavy atom. The smallest absolute Gasteiger partial charge is 0.227 e. The normalized spacial score (nSPS) is 14.9. The van der Waals surface area contributed by atoms with E-state index in [9.17, 15) is 14.0 Å². The molecule has 5 heteroatoms. The second kappa shape index (κ2) is 9.67. The van der Waals surface area contributed by atoms with Gasteiger partial charge in [0.2, 0.25) is 5.91 Å². The van der Waals surface area contributed by atoms with Gasteiger partial charge in [0.1, 0.15) is 5.82 Å². The zero-order valence-corrected chi connectivity index (χ0v) is 17.3. The molecule has 0 spiro atoms. The van der Waals surface area contributed by atoms with E-state index in [1.807, 2.05) is 24.3 Å². The van der Waals surface area contributed by atoms with Crippen molar-refractivity contribution < 1.29 is 14.0 Å². The van der Waals surface area contributed by atoms with Crippen LogP contribution < -0.4 is 5.32 Å². The largest absolute Gasteiger partial charge is 0.325 e. The lowest BCUT2D eigenvalue weighted by Crippen LogP contribution is -2.37. The van der Waals surface area contributed by atoms with Crippen LogP contribution >= 0.6 is 0 Å². The van der Waals surface area contributed by atoms with Crippen LogP contribution in [0.5, 0.6) is 0 Å². The van der Waals surface area contributed by atoms with E-state index < -0.39 is 0 Å². The summed E-state index contributed by atoms with van der Waals surface area (Å²) in [5.41, 5.74) is 2.71. The fraction of sp³-hybridized carbons (Fsp3) is 0.231. The molecule has 1 fully saturated rings. The van der Waals surface area contributed by atoms with Gasteiger partial charge in [-0.15, -0.1) is 0 Å². The Balaban J connectivity index is 1.36. The number of piperidine rings is 1. The van der Waals surface area contributed by atoms with E-state index in [1.165, 1.54) is 12.1 Å².